The first-order valence-corrected chi connectivity index (χ1v) is 10.4. The van der Waals surface area contributed by atoms with Crippen molar-refractivity contribution in [3.63, 3.8) is 0 Å². The van der Waals surface area contributed by atoms with E-state index in [-0.39, 0.29) is 18.5 Å². The lowest BCUT2D eigenvalue weighted by molar-refractivity contribution is -0.118. The van der Waals surface area contributed by atoms with Gasteiger partial charge in [-0.05, 0) is 36.2 Å². The molecular formula is C20H21N5O3S. The third kappa shape index (κ3) is 4.51. The number of carbonyl (C=O) groups excluding carboxylic acids is 1. The van der Waals surface area contributed by atoms with Gasteiger partial charge in [0.2, 0.25) is 12.7 Å². The predicted molar refractivity (Wildman–Crippen MR) is 109 cm³/mol. The highest BCUT2D eigenvalue weighted by Gasteiger charge is 2.16. The number of carbonyl (C=O) groups is 1. The normalized spacial score (nSPS) is 12.2. The van der Waals surface area contributed by atoms with Crippen molar-refractivity contribution in [1.82, 2.24) is 25.1 Å². The molecule has 1 N–H and O–H groups in total. The molecule has 0 spiro atoms. The number of rotatable bonds is 8. The summed E-state index contributed by atoms with van der Waals surface area (Å²) >= 11 is 1.37. The van der Waals surface area contributed by atoms with E-state index in [4.69, 9.17) is 9.47 Å². The van der Waals surface area contributed by atoms with E-state index in [1.165, 1.54) is 11.8 Å². The Balaban J connectivity index is 1.36. The van der Waals surface area contributed by atoms with Gasteiger partial charge in [-0.25, -0.2) is 0 Å². The number of ether oxygens (including phenoxy) is 2. The Morgan fingerprint density at radius 2 is 2.10 bits per heavy atom. The van der Waals surface area contributed by atoms with Crippen molar-refractivity contribution in [1.29, 1.82) is 0 Å². The fraction of sp³-hybridized carbons (Fsp3) is 0.300. The first-order chi connectivity index (χ1) is 14.2. The number of aromatic nitrogens is 4. The van der Waals surface area contributed by atoms with Gasteiger partial charge in [-0.3, -0.25) is 9.78 Å². The summed E-state index contributed by atoms with van der Waals surface area (Å²) in [6.07, 6.45) is 2.67. The van der Waals surface area contributed by atoms with Crippen LogP contribution < -0.4 is 14.8 Å². The predicted octanol–water partition coefficient (Wildman–Crippen LogP) is 2.89. The van der Waals surface area contributed by atoms with Gasteiger partial charge < -0.3 is 19.4 Å². The zero-order valence-electron chi connectivity index (χ0n) is 16.0. The molecule has 0 bridgehead atoms. The van der Waals surface area contributed by atoms with E-state index in [0.29, 0.717) is 17.5 Å². The second-order valence-electron chi connectivity index (χ2n) is 6.43. The zero-order valence-corrected chi connectivity index (χ0v) is 16.8. The molecule has 9 heteroatoms. The molecule has 0 aliphatic carbocycles. The quantitative estimate of drug-likeness (QED) is 0.570. The molecule has 0 saturated heterocycles. The number of benzene rings is 1. The maximum absolute atomic E-state index is 12.3. The topological polar surface area (TPSA) is 91.2 Å². The van der Waals surface area contributed by atoms with Crippen LogP contribution in [0.2, 0.25) is 0 Å². The van der Waals surface area contributed by atoms with Crippen molar-refractivity contribution in [3.8, 4) is 23.0 Å². The standard InChI is InChI=1S/C20H21N5O3S/c1-2-9-25-19(15-5-3-4-8-21-15)23-24-20(25)29-12-18(26)22-11-14-6-7-16-17(10-14)28-13-27-16/h3-8,10H,2,9,11-13H2,1H3,(H,22,26). The summed E-state index contributed by atoms with van der Waals surface area (Å²) < 4.78 is 12.7. The first kappa shape index (κ1) is 19.3. The Labute approximate surface area is 172 Å². The number of nitrogens with one attached hydrogen (secondary N) is 1. The fourth-order valence-corrected chi connectivity index (χ4v) is 3.73. The lowest BCUT2D eigenvalue weighted by Gasteiger charge is -2.09. The van der Waals surface area contributed by atoms with Crippen LogP contribution in [0.3, 0.4) is 0 Å². The van der Waals surface area contributed by atoms with Crippen molar-refractivity contribution in [2.24, 2.45) is 0 Å². The van der Waals surface area contributed by atoms with Crippen molar-refractivity contribution >= 4 is 17.7 Å². The van der Waals surface area contributed by atoms with Crippen LogP contribution in [0.5, 0.6) is 11.5 Å². The molecular weight excluding hydrogens is 390 g/mol. The summed E-state index contributed by atoms with van der Waals surface area (Å²) in [6.45, 7) is 3.52. The van der Waals surface area contributed by atoms with Crippen LogP contribution in [0.15, 0.2) is 47.8 Å². The van der Waals surface area contributed by atoms with Gasteiger partial charge >= 0.3 is 0 Å². The fourth-order valence-electron chi connectivity index (χ4n) is 2.94. The van der Waals surface area contributed by atoms with Crippen LogP contribution in [-0.2, 0) is 17.9 Å². The number of pyridine rings is 1. The summed E-state index contributed by atoms with van der Waals surface area (Å²) in [6, 6.07) is 11.3. The monoisotopic (exact) mass is 411 g/mol. The molecule has 1 aromatic carbocycles. The van der Waals surface area contributed by atoms with Gasteiger partial charge in [-0.1, -0.05) is 30.8 Å². The maximum atomic E-state index is 12.3. The smallest absolute Gasteiger partial charge is 0.231 e. The molecule has 3 heterocycles. The third-order valence-corrected chi connectivity index (χ3v) is 5.28. The number of amides is 1. The minimum Gasteiger partial charge on any atom is -0.454 e. The van der Waals surface area contributed by atoms with E-state index >= 15 is 0 Å². The molecule has 0 unspecified atom stereocenters. The molecule has 150 valence electrons. The molecule has 8 nitrogen and oxygen atoms in total. The SMILES string of the molecule is CCCn1c(SCC(=O)NCc2ccc3c(c2)OCO3)nnc1-c1ccccn1. The Kier molecular flexibility index (Phi) is 5.95. The van der Waals surface area contributed by atoms with Gasteiger partial charge in [-0.15, -0.1) is 10.2 Å². The molecule has 1 amide bonds. The summed E-state index contributed by atoms with van der Waals surface area (Å²) in [5.74, 6) is 2.35. The van der Waals surface area contributed by atoms with Gasteiger partial charge in [-0.2, -0.15) is 0 Å². The molecule has 0 atom stereocenters. The molecule has 0 radical (unpaired) electrons. The van der Waals surface area contributed by atoms with Crippen molar-refractivity contribution in [3.05, 3.63) is 48.2 Å². The lowest BCUT2D eigenvalue weighted by atomic mass is 10.2. The van der Waals surface area contributed by atoms with Crippen LogP contribution in [0, 0.1) is 0 Å². The Bertz CT molecular complexity index is 993. The van der Waals surface area contributed by atoms with Crippen LogP contribution in [-0.4, -0.2) is 38.2 Å². The van der Waals surface area contributed by atoms with Crippen LogP contribution in [0.4, 0.5) is 0 Å². The number of hydrogen-bond acceptors (Lipinski definition) is 7. The van der Waals surface area contributed by atoms with E-state index in [1.54, 1.807) is 6.20 Å². The van der Waals surface area contributed by atoms with E-state index in [2.05, 4.69) is 27.4 Å². The van der Waals surface area contributed by atoms with Gasteiger partial charge in [0, 0.05) is 19.3 Å². The van der Waals surface area contributed by atoms with Gasteiger partial charge in [0.25, 0.3) is 0 Å². The largest absolute Gasteiger partial charge is 0.454 e. The second kappa shape index (κ2) is 8.95. The van der Waals surface area contributed by atoms with E-state index in [1.807, 2.05) is 41.0 Å². The van der Waals surface area contributed by atoms with Crippen molar-refractivity contribution in [2.45, 2.75) is 31.6 Å². The highest BCUT2D eigenvalue weighted by molar-refractivity contribution is 7.99. The summed E-state index contributed by atoms with van der Waals surface area (Å²) in [7, 11) is 0. The van der Waals surface area contributed by atoms with Crippen molar-refractivity contribution in [2.75, 3.05) is 12.5 Å². The van der Waals surface area contributed by atoms with Gasteiger partial charge in [0.15, 0.2) is 22.5 Å². The first-order valence-electron chi connectivity index (χ1n) is 9.37. The highest BCUT2D eigenvalue weighted by atomic mass is 32.2. The maximum Gasteiger partial charge on any atom is 0.231 e. The second-order valence-corrected chi connectivity index (χ2v) is 7.37. The van der Waals surface area contributed by atoms with E-state index < -0.39 is 0 Å². The number of thioether (sulfide) groups is 1. The molecule has 0 fully saturated rings. The average molecular weight is 411 g/mol. The number of nitrogens with zero attached hydrogens (tertiary/aromatic N) is 4. The van der Waals surface area contributed by atoms with E-state index in [0.717, 1.165) is 35.8 Å². The molecule has 1 aliphatic heterocycles. The summed E-state index contributed by atoms with van der Waals surface area (Å²) in [4.78, 5) is 16.7. The summed E-state index contributed by atoms with van der Waals surface area (Å²) in [5, 5.41) is 12.2. The van der Waals surface area contributed by atoms with Crippen LogP contribution >= 0.6 is 11.8 Å². The molecule has 1 aliphatic rings. The minimum absolute atomic E-state index is 0.0712. The Hall–Kier alpha value is -3.07. The lowest BCUT2D eigenvalue weighted by Crippen LogP contribution is -2.24. The average Bonchev–Trinajstić information content (AvgIpc) is 3.38. The molecule has 2 aromatic heterocycles. The Morgan fingerprint density at radius 1 is 1.21 bits per heavy atom. The highest BCUT2D eigenvalue weighted by Crippen LogP contribution is 2.32. The molecule has 0 saturated carbocycles. The summed E-state index contributed by atoms with van der Waals surface area (Å²) in [5.41, 5.74) is 1.73. The van der Waals surface area contributed by atoms with Gasteiger partial charge in [0.05, 0.1) is 5.75 Å². The van der Waals surface area contributed by atoms with Crippen LogP contribution in [0.1, 0.15) is 18.9 Å². The van der Waals surface area contributed by atoms with Crippen molar-refractivity contribution < 1.29 is 14.3 Å². The zero-order chi connectivity index (χ0) is 20.1. The minimum atomic E-state index is -0.0712. The number of fused-ring (bicyclic) bond motifs is 1. The van der Waals surface area contributed by atoms with E-state index in [9.17, 15) is 4.79 Å². The van der Waals surface area contributed by atoms with Crippen LogP contribution in [0.25, 0.3) is 11.5 Å². The molecule has 29 heavy (non-hydrogen) atoms. The molecule has 3 aromatic rings. The Morgan fingerprint density at radius 3 is 2.93 bits per heavy atom. The molecule has 4 rings (SSSR count). The third-order valence-electron chi connectivity index (χ3n) is 4.32. The van der Waals surface area contributed by atoms with Gasteiger partial charge in [0.1, 0.15) is 5.69 Å². The number of hydrogen-bond donors (Lipinski definition) is 1.